The topological polar surface area (TPSA) is 60.0 Å². The summed E-state index contributed by atoms with van der Waals surface area (Å²) in [4.78, 5) is 15.5. The van der Waals surface area contributed by atoms with E-state index < -0.39 is 0 Å². The Morgan fingerprint density at radius 3 is 2.58 bits per heavy atom. The lowest BCUT2D eigenvalue weighted by atomic mass is 9.91. The molecular weight excluding hydrogens is 392 g/mol. The van der Waals surface area contributed by atoms with Gasteiger partial charge in [0.05, 0.1) is 26.9 Å². The van der Waals surface area contributed by atoms with Crippen LogP contribution < -0.4 is 19.5 Å². The minimum absolute atomic E-state index is 0.0146. The Hall–Kier alpha value is -2.73. The third-order valence-electron chi connectivity index (χ3n) is 6.80. The normalized spacial score (nSPS) is 21.9. The first-order chi connectivity index (χ1) is 15.0. The summed E-state index contributed by atoms with van der Waals surface area (Å²) in [7, 11) is 4.95. The van der Waals surface area contributed by atoms with E-state index in [4.69, 9.17) is 14.2 Å². The molecule has 31 heavy (non-hydrogen) atoms. The predicted octanol–water partition coefficient (Wildman–Crippen LogP) is 3.46. The van der Waals surface area contributed by atoms with Gasteiger partial charge in [0.25, 0.3) is 5.91 Å². The Bertz CT molecular complexity index is 961. The number of rotatable bonds is 6. The Morgan fingerprint density at radius 1 is 1.03 bits per heavy atom. The molecule has 1 spiro atoms. The molecule has 2 heterocycles. The van der Waals surface area contributed by atoms with E-state index in [1.165, 1.54) is 5.56 Å². The first kappa shape index (κ1) is 21.5. The molecule has 0 radical (unpaired) electrons. The largest absolute Gasteiger partial charge is 0.497 e. The van der Waals surface area contributed by atoms with Crippen molar-refractivity contribution in [2.24, 2.45) is 0 Å². The highest BCUT2D eigenvalue weighted by Gasteiger charge is 2.42. The van der Waals surface area contributed by atoms with E-state index in [1.807, 2.05) is 24.3 Å². The summed E-state index contributed by atoms with van der Waals surface area (Å²) in [5.41, 5.74) is 2.89. The fraction of sp³-hybridized carbons (Fsp3) is 0.480. The molecular formula is C25H32N2O4. The first-order valence-electron chi connectivity index (χ1n) is 10.9. The average molecular weight is 425 g/mol. The van der Waals surface area contributed by atoms with E-state index in [-0.39, 0.29) is 11.4 Å². The highest BCUT2D eigenvalue weighted by molar-refractivity contribution is 5.97. The van der Waals surface area contributed by atoms with Crippen LogP contribution in [-0.4, -0.2) is 56.8 Å². The maximum absolute atomic E-state index is 13.0. The number of nitrogens with one attached hydrogen (secondary N) is 1. The second-order valence-electron chi connectivity index (χ2n) is 8.72. The molecule has 0 saturated carbocycles. The summed E-state index contributed by atoms with van der Waals surface area (Å²) in [6, 6.07) is 12.3. The zero-order valence-corrected chi connectivity index (χ0v) is 18.9. The van der Waals surface area contributed by atoms with Crippen LogP contribution in [0.25, 0.3) is 0 Å². The molecule has 6 heteroatoms. The molecule has 1 amide bonds. The third-order valence-corrected chi connectivity index (χ3v) is 6.80. The maximum atomic E-state index is 13.0. The highest BCUT2D eigenvalue weighted by Crippen LogP contribution is 2.34. The number of methoxy groups -OCH3 is 3. The Labute approximate surface area is 184 Å². The summed E-state index contributed by atoms with van der Waals surface area (Å²) in [5, 5.41) is 3.37. The molecule has 1 fully saturated rings. The van der Waals surface area contributed by atoms with Gasteiger partial charge in [-0.2, -0.15) is 0 Å². The minimum Gasteiger partial charge on any atom is -0.497 e. The predicted molar refractivity (Wildman–Crippen MR) is 120 cm³/mol. The Balaban J connectivity index is 1.44. The van der Waals surface area contributed by atoms with E-state index in [1.54, 1.807) is 21.3 Å². The number of hydrogen-bond acceptors (Lipinski definition) is 5. The summed E-state index contributed by atoms with van der Waals surface area (Å²) in [6.45, 7) is 4.11. The van der Waals surface area contributed by atoms with Gasteiger partial charge in [-0.1, -0.05) is 12.1 Å². The van der Waals surface area contributed by atoms with E-state index in [9.17, 15) is 4.79 Å². The second-order valence-corrected chi connectivity index (χ2v) is 8.72. The van der Waals surface area contributed by atoms with Gasteiger partial charge in [-0.15, -0.1) is 0 Å². The van der Waals surface area contributed by atoms with Crippen LogP contribution in [0.15, 0.2) is 36.4 Å². The van der Waals surface area contributed by atoms with Gasteiger partial charge in [-0.3, -0.25) is 9.69 Å². The molecule has 2 aliphatic rings. The summed E-state index contributed by atoms with van der Waals surface area (Å²) >= 11 is 0. The molecule has 2 atom stereocenters. The van der Waals surface area contributed by atoms with Gasteiger partial charge in [0.1, 0.15) is 5.75 Å². The number of nitrogens with zero attached hydrogens (tertiary/aromatic N) is 1. The maximum Gasteiger partial charge on any atom is 0.252 e. The molecule has 166 valence electrons. The number of carbonyl (C=O) groups is 1. The van der Waals surface area contributed by atoms with Crippen molar-refractivity contribution in [1.29, 1.82) is 0 Å². The van der Waals surface area contributed by atoms with E-state index >= 15 is 0 Å². The molecule has 0 unspecified atom stereocenters. The van der Waals surface area contributed by atoms with Crippen molar-refractivity contribution in [2.75, 3.05) is 34.4 Å². The van der Waals surface area contributed by atoms with Gasteiger partial charge in [-0.25, -0.2) is 0 Å². The van der Waals surface area contributed by atoms with Crippen molar-refractivity contribution in [2.45, 2.75) is 44.2 Å². The quantitative estimate of drug-likeness (QED) is 0.770. The van der Waals surface area contributed by atoms with Crippen molar-refractivity contribution in [1.82, 2.24) is 10.2 Å². The molecule has 4 rings (SSSR count). The molecule has 1 saturated heterocycles. The lowest BCUT2D eigenvalue weighted by Gasteiger charge is -2.31. The SMILES string of the molecule is COc1ccc2c(c1)C(=O)N[C@@]1(CC2)CCN([C@@H](C)Cc2ccc(OC)c(OC)c2)C1. The van der Waals surface area contributed by atoms with Gasteiger partial charge in [0, 0.05) is 24.7 Å². The van der Waals surface area contributed by atoms with Crippen molar-refractivity contribution in [3.05, 3.63) is 53.1 Å². The van der Waals surface area contributed by atoms with Crippen LogP contribution in [0.1, 0.15) is 41.3 Å². The monoisotopic (exact) mass is 424 g/mol. The highest BCUT2D eigenvalue weighted by atomic mass is 16.5. The Morgan fingerprint density at radius 2 is 1.84 bits per heavy atom. The smallest absolute Gasteiger partial charge is 0.252 e. The number of likely N-dealkylation sites (tertiary alicyclic amines) is 1. The molecule has 1 N–H and O–H groups in total. The van der Waals surface area contributed by atoms with Crippen LogP contribution in [-0.2, 0) is 12.8 Å². The van der Waals surface area contributed by atoms with Crippen molar-refractivity contribution >= 4 is 5.91 Å². The van der Waals surface area contributed by atoms with Gasteiger partial charge >= 0.3 is 0 Å². The minimum atomic E-state index is -0.171. The lowest BCUT2D eigenvalue weighted by molar-refractivity contribution is 0.0898. The van der Waals surface area contributed by atoms with E-state index in [0.717, 1.165) is 67.1 Å². The number of carbonyl (C=O) groups excluding carboxylic acids is 1. The summed E-state index contributed by atoms with van der Waals surface area (Å²) in [5.74, 6) is 2.24. The third kappa shape index (κ3) is 4.35. The fourth-order valence-electron chi connectivity index (χ4n) is 4.92. The number of amides is 1. The zero-order valence-electron chi connectivity index (χ0n) is 18.9. The molecule has 0 aliphatic carbocycles. The Kier molecular flexibility index (Phi) is 6.10. The fourth-order valence-corrected chi connectivity index (χ4v) is 4.92. The van der Waals surface area contributed by atoms with Crippen molar-refractivity contribution in [3.63, 3.8) is 0 Å². The van der Waals surface area contributed by atoms with Crippen LogP contribution in [0.4, 0.5) is 0 Å². The molecule has 6 nitrogen and oxygen atoms in total. The molecule has 2 aromatic carbocycles. The molecule has 2 aliphatic heterocycles. The van der Waals surface area contributed by atoms with Crippen LogP contribution >= 0.6 is 0 Å². The average Bonchev–Trinajstić information content (AvgIpc) is 3.15. The van der Waals surface area contributed by atoms with Gasteiger partial charge in [0.2, 0.25) is 0 Å². The van der Waals surface area contributed by atoms with Crippen LogP contribution in [0.5, 0.6) is 17.2 Å². The van der Waals surface area contributed by atoms with Gasteiger partial charge < -0.3 is 19.5 Å². The van der Waals surface area contributed by atoms with Crippen LogP contribution in [0, 0.1) is 0 Å². The molecule has 0 aromatic heterocycles. The second kappa shape index (κ2) is 8.79. The standard InChI is InChI=1S/C25H32N2O4/c1-17(13-18-5-8-22(30-3)23(14-18)31-4)27-12-11-25(16-27)10-9-19-6-7-20(29-2)15-21(19)24(28)26-25/h5-8,14-15,17H,9-13,16H2,1-4H3,(H,26,28)/t17-,25-/m0/s1. The lowest BCUT2D eigenvalue weighted by Crippen LogP contribution is -2.50. The number of benzene rings is 2. The number of aryl methyl sites for hydroxylation is 1. The molecule has 2 aromatic rings. The summed E-state index contributed by atoms with van der Waals surface area (Å²) in [6.07, 6.45) is 3.75. The summed E-state index contributed by atoms with van der Waals surface area (Å²) < 4.78 is 16.1. The zero-order chi connectivity index (χ0) is 22.0. The first-order valence-corrected chi connectivity index (χ1v) is 10.9. The number of ether oxygens (including phenoxy) is 3. The number of fused-ring (bicyclic) bond motifs is 1. The van der Waals surface area contributed by atoms with Crippen molar-refractivity contribution in [3.8, 4) is 17.2 Å². The van der Waals surface area contributed by atoms with Crippen molar-refractivity contribution < 1.29 is 19.0 Å². The molecule has 0 bridgehead atoms. The van der Waals surface area contributed by atoms with Gasteiger partial charge in [-0.05, 0) is 68.0 Å². The van der Waals surface area contributed by atoms with Crippen LogP contribution in [0.3, 0.4) is 0 Å². The van der Waals surface area contributed by atoms with E-state index in [2.05, 4.69) is 29.3 Å². The van der Waals surface area contributed by atoms with Gasteiger partial charge in [0.15, 0.2) is 11.5 Å². The van der Waals surface area contributed by atoms with Crippen LogP contribution in [0.2, 0.25) is 0 Å². The van der Waals surface area contributed by atoms with E-state index in [0.29, 0.717) is 6.04 Å². The number of hydrogen-bond donors (Lipinski definition) is 1.